The molecule has 1 aromatic rings. The monoisotopic (exact) mass is 254 g/mol. The van der Waals surface area contributed by atoms with E-state index < -0.39 is 0 Å². The van der Waals surface area contributed by atoms with Crippen LogP contribution >= 0.6 is 11.8 Å². The van der Waals surface area contributed by atoms with Crippen LogP contribution < -0.4 is 0 Å². The summed E-state index contributed by atoms with van der Waals surface area (Å²) >= 11 is 1.80. The van der Waals surface area contributed by atoms with Crippen molar-refractivity contribution in [3.8, 4) is 0 Å². The van der Waals surface area contributed by atoms with E-state index in [1.807, 2.05) is 18.2 Å². The van der Waals surface area contributed by atoms with E-state index in [1.54, 1.807) is 18.9 Å². The second-order valence-corrected chi connectivity index (χ2v) is 4.67. The van der Waals surface area contributed by atoms with Gasteiger partial charge in [0, 0.05) is 18.6 Å². The number of hydrogen-bond donors (Lipinski definition) is 0. The van der Waals surface area contributed by atoms with Gasteiger partial charge in [-0.05, 0) is 11.1 Å². The van der Waals surface area contributed by atoms with Gasteiger partial charge in [-0.3, -0.25) is 4.79 Å². The molecule has 0 aromatic heterocycles. The first-order valence-corrected chi connectivity index (χ1v) is 6.63. The Kier molecular flexibility index (Phi) is 6.74. The van der Waals surface area contributed by atoms with Crippen LogP contribution in [0.15, 0.2) is 24.3 Å². The lowest BCUT2D eigenvalue weighted by atomic mass is 10.1. The molecule has 0 heterocycles. The van der Waals surface area contributed by atoms with Gasteiger partial charge in [-0.25, -0.2) is 0 Å². The quantitative estimate of drug-likeness (QED) is 0.552. The van der Waals surface area contributed by atoms with Crippen LogP contribution in [0.5, 0.6) is 0 Å². The smallest absolute Gasteiger partial charge is 0.309 e. The predicted octanol–water partition coefficient (Wildman–Crippen LogP) is 2.28. The van der Waals surface area contributed by atoms with Crippen molar-refractivity contribution in [2.24, 2.45) is 0 Å². The average molecular weight is 254 g/mol. The predicted molar refractivity (Wildman–Crippen MR) is 70.2 cm³/mol. The highest BCUT2D eigenvalue weighted by atomic mass is 32.2. The van der Waals surface area contributed by atoms with Gasteiger partial charge < -0.3 is 9.47 Å². The Hall–Kier alpha value is -1.00. The first-order chi connectivity index (χ1) is 8.27. The lowest BCUT2D eigenvalue weighted by Crippen LogP contribution is -2.06. The van der Waals surface area contributed by atoms with Crippen LogP contribution in [-0.2, 0) is 26.4 Å². The van der Waals surface area contributed by atoms with Crippen LogP contribution in [-0.4, -0.2) is 32.5 Å². The van der Waals surface area contributed by atoms with Gasteiger partial charge in [0.05, 0.1) is 20.1 Å². The van der Waals surface area contributed by atoms with Crippen LogP contribution in [0, 0.1) is 0 Å². The van der Waals surface area contributed by atoms with E-state index in [4.69, 9.17) is 4.74 Å². The van der Waals surface area contributed by atoms with Crippen molar-refractivity contribution >= 4 is 17.7 Å². The molecule has 0 aliphatic heterocycles. The summed E-state index contributed by atoms with van der Waals surface area (Å²) < 4.78 is 9.68. The van der Waals surface area contributed by atoms with E-state index in [0.29, 0.717) is 6.42 Å². The van der Waals surface area contributed by atoms with Crippen molar-refractivity contribution in [3.05, 3.63) is 35.4 Å². The molecule has 0 radical (unpaired) electrons. The molecule has 17 heavy (non-hydrogen) atoms. The lowest BCUT2D eigenvalue weighted by molar-refractivity contribution is -0.139. The zero-order valence-electron chi connectivity index (χ0n) is 10.3. The largest absolute Gasteiger partial charge is 0.469 e. The Morgan fingerprint density at radius 3 is 2.59 bits per heavy atom. The summed E-state index contributed by atoms with van der Waals surface area (Å²) in [4.78, 5) is 11.3. The number of rotatable bonds is 7. The molecule has 3 nitrogen and oxygen atoms in total. The second kappa shape index (κ2) is 8.14. The Bertz CT molecular complexity index is 352. The molecule has 0 fully saturated rings. The molecule has 94 valence electrons. The summed E-state index contributed by atoms with van der Waals surface area (Å²) in [6.07, 6.45) is 0.345. The maximum atomic E-state index is 11.3. The van der Waals surface area contributed by atoms with Crippen molar-refractivity contribution in [1.29, 1.82) is 0 Å². The molecule has 0 saturated carbocycles. The van der Waals surface area contributed by atoms with Gasteiger partial charge in [-0.15, -0.1) is 0 Å². The highest BCUT2D eigenvalue weighted by molar-refractivity contribution is 7.98. The van der Waals surface area contributed by atoms with E-state index >= 15 is 0 Å². The fourth-order valence-corrected chi connectivity index (χ4v) is 2.35. The van der Waals surface area contributed by atoms with Crippen molar-refractivity contribution < 1.29 is 14.3 Å². The first kappa shape index (κ1) is 14.1. The topological polar surface area (TPSA) is 35.5 Å². The molecule has 4 heteroatoms. The minimum Gasteiger partial charge on any atom is -0.469 e. The molecular formula is C13H18O3S. The molecule has 0 amide bonds. The third-order valence-electron chi connectivity index (χ3n) is 2.37. The molecule has 0 aliphatic carbocycles. The van der Waals surface area contributed by atoms with Gasteiger partial charge in [-0.1, -0.05) is 24.3 Å². The summed E-state index contributed by atoms with van der Waals surface area (Å²) in [5, 5.41) is 0. The zero-order chi connectivity index (χ0) is 12.5. The number of hydrogen-bond acceptors (Lipinski definition) is 4. The van der Waals surface area contributed by atoms with Crippen LogP contribution in [0.2, 0.25) is 0 Å². The normalized spacial score (nSPS) is 10.2. The summed E-state index contributed by atoms with van der Waals surface area (Å²) in [6, 6.07) is 7.97. The Morgan fingerprint density at radius 1 is 1.24 bits per heavy atom. The van der Waals surface area contributed by atoms with Gasteiger partial charge in [-0.2, -0.15) is 11.8 Å². The highest BCUT2D eigenvalue weighted by Gasteiger charge is 2.07. The minimum atomic E-state index is -0.195. The first-order valence-electron chi connectivity index (χ1n) is 5.48. The summed E-state index contributed by atoms with van der Waals surface area (Å²) in [6.45, 7) is 0.754. The zero-order valence-corrected chi connectivity index (χ0v) is 11.1. The summed E-state index contributed by atoms with van der Waals surface area (Å²) in [5.41, 5.74) is 2.24. The summed E-state index contributed by atoms with van der Waals surface area (Å²) in [5.74, 6) is 1.67. The molecule has 0 unspecified atom stereocenters. The number of esters is 1. The molecule has 1 rings (SSSR count). The third-order valence-corrected chi connectivity index (χ3v) is 3.34. The van der Waals surface area contributed by atoms with Crippen molar-refractivity contribution in [2.75, 3.05) is 26.6 Å². The molecule has 0 bridgehead atoms. The second-order valence-electron chi connectivity index (χ2n) is 3.57. The van der Waals surface area contributed by atoms with Crippen LogP contribution in [0.4, 0.5) is 0 Å². The van der Waals surface area contributed by atoms with Crippen LogP contribution in [0.25, 0.3) is 0 Å². The fraction of sp³-hybridized carbons (Fsp3) is 0.462. The van der Waals surface area contributed by atoms with Gasteiger partial charge in [0.15, 0.2) is 0 Å². The SMILES string of the molecule is COCCSCc1ccccc1CC(=O)OC. The van der Waals surface area contributed by atoms with Gasteiger partial charge >= 0.3 is 5.97 Å². The standard InChI is InChI=1S/C13H18O3S/c1-15-7-8-17-10-12-6-4-3-5-11(12)9-13(14)16-2/h3-6H,7-10H2,1-2H3. The molecule has 0 atom stereocenters. The minimum absolute atomic E-state index is 0.195. The summed E-state index contributed by atoms with van der Waals surface area (Å²) in [7, 11) is 3.12. The highest BCUT2D eigenvalue weighted by Crippen LogP contribution is 2.17. The van der Waals surface area contributed by atoms with E-state index in [1.165, 1.54) is 12.7 Å². The molecule has 0 saturated heterocycles. The molecule has 0 spiro atoms. The van der Waals surface area contributed by atoms with Crippen molar-refractivity contribution in [1.82, 2.24) is 0 Å². The Labute approximate surface area is 106 Å². The number of carbonyl (C=O) groups is 1. The van der Waals surface area contributed by atoms with Crippen molar-refractivity contribution in [3.63, 3.8) is 0 Å². The maximum absolute atomic E-state index is 11.3. The molecule has 1 aromatic carbocycles. The average Bonchev–Trinajstić information content (AvgIpc) is 2.36. The van der Waals surface area contributed by atoms with Crippen LogP contribution in [0.3, 0.4) is 0 Å². The van der Waals surface area contributed by atoms with Gasteiger partial charge in [0.25, 0.3) is 0 Å². The van der Waals surface area contributed by atoms with E-state index in [9.17, 15) is 4.79 Å². The fourth-order valence-electron chi connectivity index (χ4n) is 1.42. The number of methoxy groups -OCH3 is 2. The number of ether oxygens (including phenoxy) is 2. The number of benzene rings is 1. The van der Waals surface area contributed by atoms with Gasteiger partial charge in [0.2, 0.25) is 0 Å². The molecule has 0 aliphatic rings. The molecular weight excluding hydrogens is 236 g/mol. The Balaban J connectivity index is 2.54. The third kappa shape index (κ3) is 5.24. The van der Waals surface area contributed by atoms with E-state index in [0.717, 1.165) is 23.7 Å². The van der Waals surface area contributed by atoms with Crippen molar-refractivity contribution in [2.45, 2.75) is 12.2 Å². The van der Waals surface area contributed by atoms with Crippen LogP contribution in [0.1, 0.15) is 11.1 Å². The molecule has 0 N–H and O–H groups in total. The van der Waals surface area contributed by atoms with E-state index in [2.05, 4.69) is 10.8 Å². The Morgan fingerprint density at radius 2 is 1.94 bits per heavy atom. The maximum Gasteiger partial charge on any atom is 0.309 e. The number of carbonyl (C=O) groups excluding carboxylic acids is 1. The lowest BCUT2D eigenvalue weighted by Gasteiger charge is -2.08. The van der Waals surface area contributed by atoms with Gasteiger partial charge in [0.1, 0.15) is 0 Å². The van der Waals surface area contributed by atoms with E-state index in [-0.39, 0.29) is 5.97 Å². The number of thioether (sulfide) groups is 1.